The SMILES string of the molecule is CCCCCCCCCCNCc1cnn(C)c1C. The van der Waals surface area contributed by atoms with Crippen molar-refractivity contribution in [1.82, 2.24) is 15.1 Å². The van der Waals surface area contributed by atoms with E-state index in [-0.39, 0.29) is 0 Å². The van der Waals surface area contributed by atoms with E-state index in [2.05, 4.69) is 24.3 Å². The Balaban J connectivity index is 1.90. The summed E-state index contributed by atoms with van der Waals surface area (Å²) in [5, 5.41) is 7.77. The highest BCUT2D eigenvalue weighted by molar-refractivity contribution is 5.15. The number of unbranched alkanes of at least 4 members (excludes halogenated alkanes) is 7. The second-order valence-corrected chi connectivity index (χ2v) is 5.53. The number of hydrogen-bond donors (Lipinski definition) is 1. The fraction of sp³-hybridized carbons (Fsp3) is 0.812. The summed E-state index contributed by atoms with van der Waals surface area (Å²) in [5.74, 6) is 0. The summed E-state index contributed by atoms with van der Waals surface area (Å²) in [7, 11) is 2.00. The third-order valence-corrected chi connectivity index (χ3v) is 3.86. The monoisotopic (exact) mass is 265 g/mol. The van der Waals surface area contributed by atoms with Crippen LogP contribution in [0.2, 0.25) is 0 Å². The minimum atomic E-state index is 0.955. The van der Waals surface area contributed by atoms with Gasteiger partial charge in [-0.3, -0.25) is 4.68 Å². The molecule has 1 heterocycles. The highest BCUT2D eigenvalue weighted by Crippen LogP contribution is 2.08. The largest absolute Gasteiger partial charge is 0.313 e. The van der Waals surface area contributed by atoms with Crippen molar-refractivity contribution in [1.29, 1.82) is 0 Å². The fourth-order valence-corrected chi connectivity index (χ4v) is 2.32. The van der Waals surface area contributed by atoms with Gasteiger partial charge < -0.3 is 5.32 Å². The molecular formula is C16H31N3. The second-order valence-electron chi connectivity index (χ2n) is 5.53. The molecule has 0 radical (unpaired) electrons. The van der Waals surface area contributed by atoms with Crippen LogP contribution in [-0.2, 0) is 13.6 Å². The molecule has 1 aromatic rings. The molecule has 0 aliphatic heterocycles. The van der Waals surface area contributed by atoms with Gasteiger partial charge in [0.15, 0.2) is 0 Å². The van der Waals surface area contributed by atoms with Gasteiger partial charge in [0, 0.05) is 24.8 Å². The maximum Gasteiger partial charge on any atom is 0.0537 e. The van der Waals surface area contributed by atoms with Crippen LogP contribution in [0, 0.1) is 6.92 Å². The minimum absolute atomic E-state index is 0.955. The predicted octanol–water partition coefficient (Wildman–Crippen LogP) is 3.96. The minimum Gasteiger partial charge on any atom is -0.313 e. The molecule has 3 heteroatoms. The number of nitrogens with zero attached hydrogens (tertiary/aromatic N) is 2. The number of nitrogens with one attached hydrogen (secondary N) is 1. The average Bonchev–Trinajstić information content (AvgIpc) is 2.73. The molecule has 0 aliphatic carbocycles. The van der Waals surface area contributed by atoms with Crippen molar-refractivity contribution in [2.24, 2.45) is 7.05 Å². The summed E-state index contributed by atoms with van der Waals surface area (Å²) in [6.07, 6.45) is 13.1. The highest BCUT2D eigenvalue weighted by Gasteiger charge is 2.01. The van der Waals surface area contributed by atoms with Crippen LogP contribution >= 0.6 is 0 Å². The molecule has 0 unspecified atom stereocenters. The van der Waals surface area contributed by atoms with E-state index < -0.39 is 0 Å². The predicted molar refractivity (Wildman–Crippen MR) is 82.3 cm³/mol. The molecule has 0 aliphatic rings. The first-order valence-electron chi connectivity index (χ1n) is 7.94. The van der Waals surface area contributed by atoms with E-state index in [1.54, 1.807) is 0 Å². The Hall–Kier alpha value is -0.830. The van der Waals surface area contributed by atoms with Crippen molar-refractivity contribution in [2.75, 3.05) is 6.54 Å². The Morgan fingerprint density at radius 1 is 1.05 bits per heavy atom. The van der Waals surface area contributed by atoms with Crippen molar-refractivity contribution in [3.63, 3.8) is 0 Å². The van der Waals surface area contributed by atoms with Gasteiger partial charge in [0.2, 0.25) is 0 Å². The Kier molecular flexibility index (Phi) is 8.55. The molecule has 0 saturated carbocycles. The molecular weight excluding hydrogens is 234 g/mol. The molecule has 0 bridgehead atoms. The maximum atomic E-state index is 4.26. The van der Waals surface area contributed by atoms with Gasteiger partial charge in [-0.1, -0.05) is 51.9 Å². The zero-order valence-electron chi connectivity index (χ0n) is 13.0. The number of hydrogen-bond acceptors (Lipinski definition) is 2. The lowest BCUT2D eigenvalue weighted by atomic mass is 10.1. The molecule has 0 fully saturated rings. The number of aromatic nitrogens is 2. The molecule has 0 atom stereocenters. The van der Waals surface area contributed by atoms with Gasteiger partial charge in [-0.2, -0.15) is 5.10 Å². The smallest absolute Gasteiger partial charge is 0.0537 e. The molecule has 1 rings (SSSR count). The quantitative estimate of drug-likeness (QED) is 0.614. The third kappa shape index (κ3) is 6.76. The van der Waals surface area contributed by atoms with Crippen LogP contribution in [0.3, 0.4) is 0 Å². The Labute approximate surface area is 118 Å². The zero-order chi connectivity index (χ0) is 13.9. The van der Waals surface area contributed by atoms with Crippen LogP contribution in [0.1, 0.15) is 69.5 Å². The van der Waals surface area contributed by atoms with Crippen molar-refractivity contribution >= 4 is 0 Å². The highest BCUT2D eigenvalue weighted by atomic mass is 15.3. The van der Waals surface area contributed by atoms with E-state index >= 15 is 0 Å². The summed E-state index contributed by atoms with van der Waals surface area (Å²) in [6, 6.07) is 0. The molecule has 0 amide bonds. The molecule has 0 aromatic carbocycles. The topological polar surface area (TPSA) is 29.9 Å². The van der Waals surface area contributed by atoms with E-state index in [0.29, 0.717) is 0 Å². The normalized spacial score (nSPS) is 11.1. The summed E-state index contributed by atoms with van der Waals surface area (Å²) < 4.78 is 1.94. The van der Waals surface area contributed by atoms with Crippen LogP contribution in [0.5, 0.6) is 0 Å². The maximum absolute atomic E-state index is 4.26. The van der Waals surface area contributed by atoms with Crippen molar-refractivity contribution < 1.29 is 0 Å². The van der Waals surface area contributed by atoms with Crippen molar-refractivity contribution in [3.05, 3.63) is 17.5 Å². The van der Waals surface area contributed by atoms with E-state index in [1.807, 2.05) is 17.9 Å². The van der Waals surface area contributed by atoms with Gasteiger partial charge in [-0.25, -0.2) is 0 Å². The number of aryl methyl sites for hydroxylation is 1. The van der Waals surface area contributed by atoms with Crippen LogP contribution in [0.25, 0.3) is 0 Å². The first-order chi connectivity index (χ1) is 9.25. The standard InChI is InChI=1S/C16H31N3/c1-4-5-6-7-8-9-10-11-12-17-13-16-14-18-19(3)15(16)2/h14,17H,4-13H2,1-3H3. The Morgan fingerprint density at radius 3 is 2.26 bits per heavy atom. The molecule has 3 nitrogen and oxygen atoms in total. The Morgan fingerprint density at radius 2 is 1.68 bits per heavy atom. The van der Waals surface area contributed by atoms with E-state index in [9.17, 15) is 0 Å². The third-order valence-electron chi connectivity index (χ3n) is 3.86. The molecule has 110 valence electrons. The molecule has 1 N–H and O–H groups in total. The van der Waals surface area contributed by atoms with E-state index in [1.165, 1.54) is 62.6 Å². The van der Waals surface area contributed by atoms with Gasteiger partial charge in [-0.05, 0) is 19.9 Å². The molecule has 19 heavy (non-hydrogen) atoms. The van der Waals surface area contributed by atoms with Crippen LogP contribution in [0.15, 0.2) is 6.20 Å². The summed E-state index contributed by atoms with van der Waals surface area (Å²) in [4.78, 5) is 0. The first-order valence-corrected chi connectivity index (χ1v) is 7.94. The van der Waals surface area contributed by atoms with Crippen molar-refractivity contribution in [3.8, 4) is 0 Å². The van der Waals surface area contributed by atoms with Gasteiger partial charge >= 0.3 is 0 Å². The van der Waals surface area contributed by atoms with Crippen LogP contribution < -0.4 is 5.32 Å². The van der Waals surface area contributed by atoms with Gasteiger partial charge in [0.05, 0.1) is 6.20 Å². The molecule has 0 saturated heterocycles. The Bertz CT molecular complexity index is 331. The number of rotatable bonds is 11. The summed E-state index contributed by atoms with van der Waals surface area (Å²) in [6.45, 7) is 6.48. The fourth-order valence-electron chi connectivity index (χ4n) is 2.32. The molecule has 1 aromatic heterocycles. The van der Waals surface area contributed by atoms with Crippen LogP contribution in [0.4, 0.5) is 0 Å². The lowest BCUT2D eigenvalue weighted by molar-refractivity contribution is 0.554. The van der Waals surface area contributed by atoms with Crippen LogP contribution in [-0.4, -0.2) is 16.3 Å². The molecule has 0 spiro atoms. The summed E-state index contributed by atoms with van der Waals surface area (Å²) in [5.41, 5.74) is 2.59. The summed E-state index contributed by atoms with van der Waals surface area (Å²) >= 11 is 0. The van der Waals surface area contributed by atoms with E-state index in [0.717, 1.165) is 13.1 Å². The van der Waals surface area contributed by atoms with Gasteiger partial charge in [0.1, 0.15) is 0 Å². The first kappa shape index (κ1) is 16.2. The van der Waals surface area contributed by atoms with Gasteiger partial charge in [-0.15, -0.1) is 0 Å². The van der Waals surface area contributed by atoms with E-state index in [4.69, 9.17) is 0 Å². The second kappa shape index (κ2) is 10.0. The zero-order valence-corrected chi connectivity index (χ0v) is 13.0. The van der Waals surface area contributed by atoms with Crippen molar-refractivity contribution in [2.45, 2.75) is 71.8 Å². The average molecular weight is 265 g/mol. The lowest BCUT2D eigenvalue weighted by Crippen LogP contribution is -2.15. The lowest BCUT2D eigenvalue weighted by Gasteiger charge is -2.05. The van der Waals surface area contributed by atoms with Gasteiger partial charge in [0.25, 0.3) is 0 Å².